The van der Waals surface area contributed by atoms with Crippen molar-refractivity contribution in [1.82, 2.24) is 10.1 Å². The second-order valence-electron chi connectivity index (χ2n) is 3.29. The number of aryl methyl sites for hydroxylation is 2. The average molecular weight is 203 g/mol. The fraction of sp³-hybridized carbons (Fsp3) is 0.273. The first kappa shape index (κ1) is 9.86. The molecule has 4 nitrogen and oxygen atoms in total. The van der Waals surface area contributed by atoms with E-state index in [4.69, 9.17) is 10.3 Å². The molecule has 0 saturated carbocycles. The highest BCUT2D eigenvalue weighted by Gasteiger charge is 2.04. The quantitative estimate of drug-likeness (QED) is 0.813. The van der Waals surface area contributed by atoms with Gasteiger partial charge in [0.2, 0.25) is 5.89 Å². The van der Waals surface area contributed by atoms with Gasteiger partial charge in [-0.1, -0.05) is 35.5 Å². The van der Waals surface area contributed by atoms with Crippen LogP contribution in [0.15, 0.2) is 34.9 Å². The van der Waals surface area contributed by atoms with E-state index in [0.717, 1.165) is 18.7 Å². The van der Waals surface area contributed by atoms with Gasteiger partial charge < -0.3 is 10.3 Å². The first-order valence-electron chi connectivity index (χ1n) is 4.94. The average Bonchev–Trinajstić information content (AvgIpc) is 2.76. The van der Waals surface area contributed by atoms with Crippen molar-refractivity contribution < 1.29 is 4.52 Å². The van der Waals surface area contributed by atoms with Crippen LogP contribution in [-0.4, -0.2) is 10.1 Å². The fourth-order valence-corrected chi connectivity index (χ4v) is 1.38. The smallest absolute Gasteiger partial charge is 0.240 e. The molecule has 0 spiro atoms. The molecule has 1 aromatic carbocycles. The van der Waals surface area contributed by atoms with Gasteiger partial charge in [0.15, 0.2) is 5.82 Å². The van der Waals surface area contributed by atoms with E-state index < -0.39 is 0 Å². The summed E-state index contributed by atoms with van der Waals surface area (Å²) in [7, 11) is 0. The van der Waals surface area contributed by atoms with Gasteiger partial charge in [0.25, 0.3) is 0 Å². The Kier molecular flexibility index (Phi) is 3.09. The summed E-state index contributed by atoms with van der Waals surface area (Å²) in [6.07, 6.45) is 1.71. The summed E-state index contributed by atoms with van der Waals surface area (Å²) in [5.74, 6) is 1.22. The molecule has 0 unspecified atom stereocenters. The van der Waals surface area contributed by atoms with Crippen LogP contribution in [0.4, 0.5) is 0 Å². The number of rotatable bonds is 4. The van der Waals surface area contributed by atoms with Crippen molar-refractivity contribution in [2.75, 3.05) is 0 Å². The Labute approximate surface area is 88.1 Å². The molecule has 0 saturated heterocycles. The highest BCUT2D eigenvalue weighted by Crippen LogP contribution is 2.04. The first-order chi connectivity index (χ1) is 7.38. The maximum Gasteiger partial charge on any atom is 0.240 e. The third-order valence-electron chi connectivity index (χ3n) is 2.16. The van der Waals surface area contributed by atoms with Gasteiger partial charge in [-0.3, -0.25) is 0 Å². The number of nitrogens with two attached hydrogens (primary N) is 1. The number of hydrogen-bond donors (Lipinski definition) is 1. The minimum Gasteiger partial charge on any atom is -0.338 e. The molecule has 2 N–H and O–H groups in total. The highest BCUT2D eigenvalue weighted by atomic mass is 16.5. The summed E-state index contributed by atoms with van der Waals surface area (Å²) >= 11 is 0. The normalized spacial score (nSPS) is 10.5. The molecule has 2 rings (SSSR count). The molecule has 0 aliphatic rings. The molecule has 0 radical (unpaired) electrons. The lowest BCUT2D eigenvalue weighted by Gasteiger charge is -1.96. The second kappa shape index (κ2) is 4.70. The largest absolute Gasteiger partial charge is 0.338 e. The van der Waals surface area contributed by atoms with Crippen molar-refractivity contribution >= 4 is 0 Å². The van der Waals surface area contributed by atoms with E-state index in [9.17, 15) is 0 Å². The monoisotopic (exact) mass is 203 g/mol. The van der Waals surface area contributed by atoms with E-state index in [2.05, 4.69) is 22.3 Å². The van der Waals surface area contributed by atoms with Crippen LogP contribution in [0.5, 0.6) is 0 Å². The van der Waals surface area contributed by atoms with Crippen molar-refractivity contribution in [3.8, 4) is 0 Å². The van der Waals surface area contributed by atoms with Gasteiger partial charge in [0, 0.05) is 6.42 Å². The zero-order valence-electron chi connectivity index (χ0n) is 8.39. The van der Waals surface area contributed by atoms with Crippen molar-refractivity contribution in [2.24, 2.45) is 5.73 Å². The van der Waals surface area contributed by atoms with Crippen LogP contribution in [0.25, 0.3) is 0 Å². The van der Waals surface area contributed by atoms with Gasteiger partial charge in [0.1, 0.15) is 0 Å². The molecule has 0 aliphatic carbocycles. The third-order valence-corrected chi connectivity index (χ3v) is 2.16. The molecule has 2 aromatic rings. The molecule has 1 aromatic heterocycles. The summed E-state index contributed by atoms with van der Waals surface area (Å²) in [4.78, 5) is 4.14. The predicted molar refractivity (Wildman–Crippen MR) is 56.0 cm³/mol. The van der Waals surface area contributed by atoms with Crippen LogP contribution < -0.4 is 5.73 Å². The van der Waals surface area contributed by atoms with E-state index in [1.54, 1.807) is 0 Å². The molecule has 0 aliphatic heterocycles. The molecule has 78 valence electrons. The van der Waals surface area contributed by atoms with E-state index >= 15 is 0 Å². The molecule has 0 fully saturated rings. The van der Waals surface area contributed by atoms with Crippen molar-refractivity contribution in [1.29, 1.82) is 0 Å². The lowest BCUT2D eigenvalue weighted by Crippen LogP contribution is -1.97. The van der Waals surface area contributed by atoms with Crippen LogP contribution in [-0.2, 0) is 19.4 Å². The van der Waals surface area contributed by atoms with Gasteiger partial charge in [-0.15, -0.1) is 0 Å². The Hall–Kier alpha value is -1.68. The maximum absolute atomic E-state index is 5.37. The molecule has 4 heteroatoms. The zero-order valence-corrected chi connectivity index (χ0v) is 8.39. The fourth-order valence-electron chi connectivity index (χ4n) is 1.38. The van der Waals surface area contributed by atoms with Crippen molar-refractivity contribution in [3.05, 3.63) is 47.6 Å². The summed E-state index contributed by atoms with van der Waals surface area (Å²) in [5.41, 5.74) is 6.65. The van der Waals surface area contributed by atoms with Crippen LogP contribution in [0.2, 0.25) is 0 Å². The summed E-state index contributed by atoms with van der Waals surface area (Å²) < 4.78 is 4.92. The Morgan fingerprint density at radius 1 is 1.13 bits per heavy atom. The number of hydrogen-bond acceptors (Lipinski definition) is 4. The summed E-state index contributed by atoms with van der Waals surface area (Å²) in [5, 5.41) is 3.84. The topological polar surface area (TPSA) is 64.9 Å². The molecule has 1 heterocycles. The summed E-state index contributed by atoms with van der Waals surface area (Å²) in [6, 6.07) is 10.2. The van der Waals surface area contributed by atoms with Gasteiger partial charge in [-0.2, -0.15) is 4.98 Å². The Balaban J connectivity index is 1.93. The molecular formula is C11H13N3O. The van der Waals surface area contributed by atoms with Gasteiger partial charge >= 0.3 is 0 Å². The SMILES string of the molecule is NCc1nc(CCc2ccccc2)no1. The predicted octanol–water partition coefficient (Wildman–Crippen LogP) is 1.31. The zero-order chi connectivity index (χ0) is 10.5. The standard InChI is InChI=1S/C11H13N3O/c12-8-11-13-10(14-15-11)7-6-9-4-2-1-3-5-9/h1-5H,6-8,12H2. The minimum absolute atomic E-state index is 0.304. The Morgan fingerprint density at radius 2 is 1.93 bits per heavy atom. The van der Waals surface area contributed by atoms with Crippen LogP contribution in [0.1, 0.15) is 17.3 Å². The van der Waals surface area contributed by atoms with Crippen molar-refractivity contribution in [2.45, 2.75) is 19.4 Å². The van der Waals surface area contributed by atoms with Crippen molar-refractivity contribution in [3.63, 3.8) is 0 Å². The molecule has 0 atom stereocenters. The Bertz CT molecular complexity index is 411. The van der Waals surface area contributed by atoms with E-state index in [0.29, 0.717) is 12.4 Å². The van der Waals surface area contributed by atoms with Gasteiger partial charge in [-0.25, -0.2) is 0 Å². The van der Waals surface area contributed by atoms with Gasteiger partial charge in [0.05, 0.1) is 6.54 Å². The molecule has 0 bridgehead atoms. The van der Waals surface area contributed by atoms with Crippen LogP contribution in [0, 0.1) is 0 Å². The number of benzene rings is 1. The lowest BCUT2D eigenvalue weighted by molar-refractivity contribution is 0.374. The van der Waals surface area contributed by atoms with E-state index in [-0.39, 0.29) is 0 Å². The highest BCUT2D eigenvalue weighted by molar-refractivity contribution is 5.15. The molecule has 0 amide bonds. The minimum atomic E-state index is 0.304. The Morgan fingerprint density at radius 3 is 2.60 bits per heavy atom. The first-order valence-corrected chi connectivity index (χ1v) is 4.94. The van der Waals surface area contributed by atoms with Crippen LogP contribution in [0.3, 0.4) is 0 Å². The third kappa shape index (κ3) is 2.63. The van der Waals surface area contributed by atoms with Gasteiger partial charge in [-0.05, 0) is 12.0 Å². The van der Waals surface area contributed by atoms with E-state index in [1.165, 1.54) is 5.56 Å². The maximum atomic E-state index is 5.37. The lowest BCUT2D eigenvalue weighted by atomic mass is 10.1. The number of nitrogens with zero attached hydrogens (tertiary/aromatic N) is 2. The number of aromatic nitrogens is 2. The molecule has 15 heavy (non-hydrogen) atoms. The molecular weight excluding hydrogens is 190 g/mol. The van der Waals surface area contributed by atoms with E-state index in [1.807, 2.05) is 18.2 Å². The van der Waals surface area contributed by atoms with Crippen LogP contribution >= 0.6 is 0 Å². The second-order valence-corrected chi connectivity index (χ2v) is 3.29. The summed E-state index contributed by atoms with van der Waals surface area (Å²) in [6.45, 7) is 0.304.